The van der Waals surface area contributed by atoms with Crippen molar-refractivity contribution in [1.29, 1.82) is 0 Å². The largest absolute Gasteiger partial charge is 0.367 e. The topological polar surface area (TPSA) is 53.5 Å². The average molecular weight is 395 g/mol. The van der Waals surface area contributed by atoms with Gasteiger partial charge in [-0.1, -0.05) is 48.5 Å². The molecular formula is C25H21N3O2. The number of aromatic nitrogens is 1. The molecule has 0 radical (unpaired) electrons. The molecule has 148 valence electrons. The minimum Gasteiger partial charge on any atom is -0.367 e. The van der Waals surface area contributed by atoms with E-state index in [1.807, 2.05) is 53.4 Å². The SMILES string of the molecule is O=C(c1cccnc1)N1CCN(c2cc3ccccc3c(=O)c3ccccc23)CC1. The summed E-state index contributed by atoms with van der Waals surface area (Å²) in [7, 11) is 0. The van der Waals surface area contributed by atoms with E-state index >= 15 is 0 Å². The first-order valence-corrected chi connectivity index (χ1v) is 10.1. The molecule has 0 N–H and O–H groups in total. The van der Waals surface area contributed by atoms with E-state index in [9.17, 15) is 9.59 Å². The molecule has 0 aliphatic carbocycles. The van der Waals surface area contributed by atoms with Crippen LogP contribution in [-0.2, 0) is 0 Å². The van der Waals surface area contributed by atoms with Gasteiger partial charge in [0.2, 0.25) is 0 Å². The maximum absolute atomic E-state index is 13.1. The van der Waals surface area contributed by atoms with Gasteiger partial charge in [-0.15, -0.1) is 0 Å². The van der Waals surface area contributed by atoms with Crippen molar-refractivity contribution in [2.45, 2.75) is 0 Å². The number of rotatable bonds is 2. The summed E-state index contributed by atoms with van der Waals surface area (Å²) in [6.07, 6.45) is 3.28. The number of hydrogen-bond acceptors (Lipinski definition) is 4. The molecule has 1 amide bonds. The molecule has 0 saturated carbocycles. The maximum atomic E-state index is 13.1. The Kier molecular flexibility index (Phi) is 4.64. The molecule has 2 heterocycles. The van der Waals surface area contributed by atoms with Crippen molar-refractivity contribution >= 4 is 33.1 Å². The molecule has 1 aliphatic rings. The van der Waals surface area contributed by atoms with E-state index < -0.39 is 0 Å². The highest BCUT2D eigenvalue weighted by Gasteiger charge is 2.23. The normalized spacial score (nSPS) is 14.3. The Balaban J connectivity index is 1.52. The summed E-state index contributed by atoms with van der Waals surface area (Å²) in [6.45, 7) is 2.68. The highest BCUT2D eigenvalue weighted by molar-refractivity contribution is 6.01. The Bertz CT molecular complexity index is 1300. The smallest absolute Gasteiger partial charge is 0.255 e. The van der Waals surface area contributed by atoms with Gasteiger partial charge in [0.1, 0.15) is 0 Å². The van der Waals surface area contributed by atoms with Crippen LogP contribution in [0.5, 0.6) is 0 Å². The highest BCUT2D eigenvalue weighted by Crippen LogP contribution is 2.28. The summed E-state index contributed by atoms with van der Waals surface area (Å²) in [5.74, 6) is 0.0125. The number of piperazine rings is 1. The third-order valence-corrected chi connectivity index (χ3v) is 5.76. The lowest BCUT2D eigenvalue weighted by atomic mass is 10.1. The second kappa shape index (κ2) is 7.59. The summed E-state index contributed by atoms with van der Waals surface area (Å²) in [5.41, 5.74) is 1.71. The van der Waals surface area contributed by atoms with Crippen LogP contribution in [0.3, 0.4) is 0 Å². The van der Waals surface area contributed by atoms with Gasteiger partial charge in [0.15, 0.2) is 5.43 Å². The number of benzene rings is 2. The molecule has 1 fully saturated rings. The molecule has 0 atom stereocenters. The minimum absolute atomic E-state index is 0.0125. The lowest BCUT2D eigenvalue weighted by Gasteiger charge is -2.36. The summed E-state index contributed by atoms with van der Waals surface area (Å²) >= 11 is 0. The van der Waals surface area contributed by atoms with E-state index in [0.29, 0.717) is 31.7 Å². The first-order valence-electron chi connectivity index (χ1n) is 10.1. The standard InChI is InChI=1S/C25H21N3O2/c29-24-20-8-2-1-6-18(20)16-23(21-9-3-4-10-22(21)24)27-12-14-28(15-13-27)25(30)19-7-5-11-26-17-19/h1-11,16-17H,12-15H2. The van der Waals surface area contributed by atoms with Crippen molar-refractivity contribution < 1.29 is 4.79 Å². The maximum Gasteiger partial charge on any atom is 0.255 e. The first-order chi connectivity index (χ1) is 14.7. The number of anilines is 1. The Morgan fingerprint density at radius 3 is 2.23 bits per heavy atom. The molecule has 0 unspecified atom stereocenters. The summed E-state index contributed by atoms with van der Waals surface area (Å²) < 4.78 is 0. The monoisotopic (exact) mass is 395 g/mol. The van der Waals surface area contributed by atoms with Crippen molar-refractivity contribution in [2.24, 2.45) is 0 Å². The molecule has 5 heteroatoms. The number of carbonyl (C=O) groups excluding carboxylic acids is 1. The van der Waals surface area contributed by atoms with Gasteiger partial charge in [0.25, 0.3) is 5.91 Å². The van der Waals surface area contributed by atoms with Gasteiger partial charge in [-0.3, -0.25) is 14.6 Å². The van der Waals surface area contributed by atoms with Crippen molar-refractivity contribution in [3.63, 3.8) is 0 Å². The molecule has 1 aliphatic heterocycles. The average Bonchev–Trinajstić information content (AvgIpc) is 2.94. The zero-order valence-corrected chi connectivity index (χ0v) is 16.5. The van der Waals surface area contributed by atoms with E-state index in [0.717, 1.165) is 27.2 Å². The fourth-order valence-electron chi connectivity index (χ4n) is 4.19. The Morgan fingerprint density at radius 1 is 0.800 bits per heavy atom. The molecule has 1 aromatic heterocycles. The third-order valence-electron chi connectivity index (χ3n) is 5.76. The number of fused-ring (bicyclic) bond motifs is 2. The van der Waals surface area contributed by atoms with Crippen LogP contribution in [0.1, 0.15) is 10.4 Å². The van der Waals surface area contributed by atoms with Crippen molar-refractivity contribution in [3.05, 3.63) is 94.9 Å². The van der Waals surface area contributed by atoms with Crippen molar-refractivity contribution in [1.82, 2.24) is 9.88 Å². The molecule has 5 nitrogen and oxygen atoms in total. The number of carbonyl (C=O) groups is 1. The van der Waals surface area contributed by atoms with Gasteiger partial charge in [0, 0.05) is 60.4 Å². The Morgan fingerprint density at radius 2 is 1.50 bits per heavy atom. The summed E-state index contributed by atoms with van der Waals surface area (Å²) in [4.78, 5) is 34.1. The van der Waals surface area contributed by atoms with E-state index in [1.54, 1.807) is 24.5 Å². The molecule has 5 rings (SSSR count). The van der Waals surface area contributed by atoms with Crippen LogP contribution in [0, 0.1) is 0 Å². The van der Waals surface area contributed by atoms with Crippen LogP contribution >= 0.6 is 0 Å². The van der Waals surface area contributed by atoms with E-state index in [1.165, 1.54) is 0 Å². The van der Waals surface area contributed by atoms with Crippen LogP contribution < -0.4 is 10.3 Å². The van der Waals surface area contributed by atoms with Crippen molar-refractivity contribution in [3.8, 4) is 0 Å². The summed E-state index contributed by atoms with van der Waals surface area (Å²) in [5, 5.41) is 3.33. The summed E-state index contributed by atoms with van der Waals surface area (Å²) in [6, 6.07) is 21.2. The predicted octanol–water partition coefficient (Wildman–Crippen LogP) is 3.71. The van der Waals surface area contributed by atoms with Crippen LogP contribution in [-0.4, -0.2) is 42.0 Å². The number of pyridine rings is 1. The quantitative estimate of drug-likeness (QED) is 0.519. The molecule has 3 aromatic carbocycles. The lowest BCUT2D eigenvalue weighted by Crippen LogP contribution is -2.48. The van der Waals surface area contributed by atoms with Crippen LogP contribution in [0.2, 0.25) is 0 Å². The number of hydrogen-bond donors (Lipinski definition) is 0. The Labute approximate surface area is 174 Å². The molecular weight excluding hydrogens is 374 g/mol. The van der Waals surface area contributed by atoms with E-state index in [-0.39, 0.29) is 11.3 Å². The van der Waals surface area contributed by atoms with E-state index in [4.69, 9.17) is 0 Å². The van der Waals surface area contributed by atoms with Crippen LogP contribution in [0.25, 0.3) is 21.5 Å². The van der Waals surface area contributed by atoms with Crippen LogP contribution in [0.15, 0.2) is 83.9 Å². The second-order valence-corrected chi connectivity index (χ2v) is 7.51. The van der Waals surface area contributed by atoms with Gasteiger partial charge in [-0.05, 0) is 23.6 Å². The highest BCUT2D eigenvalue weighted by atomic mass is 16.2. The van der Waals surface area contributed by atoms with E-state index in [2.05, 4.69) is 16.0 Å². The Hall–Kier alpha value is -3.73. The minimum atomic E-state index is 0.0125. The fourth-order valence-corrected chi connectivity index (χ4v) is 4.19. The predicted molar refractivity (Wildman–Crippen MR) is 120 cm³/mol. The molecule has 30 heavy (non-hydrogen) atoms. The first kappa shape index (κ1) is 18.3. The fraction of sp³-hybridized carbons (Fsp3) is 0.160. The zero-order valence-electron chi connectivity index (χ0n) is 16.5. The number of nitrogens with zero attached hydrogens (tertiary/aromatic N) is 3. The van der Waals surface area contributed by atoms with Crippen molar-refractivity contribution in [2.75, 3.05) is 31.1 Å². The van der Waals surface area contributed by atoms with Gasteiger partial charge >= 0.3 is 0 Å². The molecule has 0 spiro atoms. The molecule has 0 bridgehead atoms. The number of amides is 1. The van der Waals surface area contributed by atoms with Gasteiger partial charge in [0.05, 0.1) is 5.56 Å². The van der Waals surface area contributed by atoms with Gasteiger partial charge in [-0.25, -0.2) is 0 Å². The molecule has 1 saturated heterocycles. The molecule has 4 aromatic rings. The van der Waals surface area contributed by atoms with Gasteiger partial charge < -0.3 is 9.80 Å². The van der Waals surface area contributed by atoms with Crippen LogP contribution in [0.4, 0.5) is 5.69 Å². The van der Waals surface area contributed by atoms with Gasteiger partial charge in [-0.2, -0.15) is 0 Å². The third kappa shape index (κ3) is 3.18. The zero-order chi connectivity index (χ0) is 20.5. The lowest BCUT2D eigenvalue weighted by molar-refractivity contribution is 0.0746. The second-order valence-electron chi connectivity index (χ2n) is 7.51.